The van der Waals surface area contributed by atoms with Crippen LogP contribution in [0.25, 0.3) is 11.3 Å². The van der Waals surface area contributed by atoms with Crippen molar-refractivity contribution < 1.29 is 13.9 Å². The van der Waals surface area contributed by atoms with Gasteiger partial charge in [0.1, 0.15) is 5.69 Å². The van der Waals surface area contributed by atoms with E-state index in [4.69, 9.17) is 9.47 Å². The molecule has 2 atom stereocenters. The zero-order valence-electron chi connectivity index (χ0n) is 17.3. The van der Waals surface area contributed by atoms with E-state index in [1.807, 2.05) is 18.7 Å². The van der Waals surface area contributed by atoms with Gasteiger partial charge in [0, 0.05) is 24.8 Å². The van der Waals surface area contributed by atoms with Crippen LogP contribution in [-0.2, 0) is 4.74 Å². The van der Waals surface area contributed by atoms with Crippen LogP contribution in [0.3, 0.4) is 0 Å². The molecule has 2 N–H and O–H groups in total. The molecule has 3 aromatic rings. The Morgan fingerprint density at radius 3 is 2.65 bits per heavy atom. The van der Waals surface area contributed by atoms with Crippen molar-refractivity contribution in [3.63, 3.8) is 0 Å². The number of pyridine rings is 1. The summed E-state index contributed by atoms with van der Waals surface area (Å²) in [7, 11) is 1.49. The maximum Gasteiger partial charge on any atom is 0.271 e. The van der Waals surface area contributed by atoms with Crippen LogP contribution < -0.4 is 20.5 Å². The molecule has 0 aromatic carbocycles. The highest BCUT2D eigenvalue weighted by molar-refractivity contribution is 5.66. The van der Waals surface area contributed by atoms with Crippen LogP contribution in [0, 0.1) is 5.82 Å². The smallest absolute Gasteiger partial charge is 0.271 e. The van der Waals surface area contributed by atoms with Crippen molar-refractivity contribution in [1.29, 1.82) is 0 Å². The number of anilines is 3. The van der Waals surface area contributed by atoms with Crippen LogP contribution in [0.4, 0.5) is 21.8 Å². The number of hydrogen-bond donors (Lipinski definition) is 2. The van der Waals surface area contributed by atoms with E-state index in [-0.39, 0.29) is 23.7 Å². The van der Waals surface area contributed by atoms with Crippen LogP contribution in [0.1, 0.15) is 13.8 Å². The molecule has 1 aliphatic rings. The second kappa shape index (κ2) is 8.64. The third kappa shape index (κ3) is 4.61. The molecule has 1 fully saturated rings. The summed E-state index contributed by atoms with van der Waals surface area (Å²) >= 11 is 0. The number of morpholine rings is 1. The number of aromatic nitrogens is 5. The first-order chi connectivity index (χ1) is 14.9. The van der Waals surface area contributed by atoms with Gasteiger partial charge in [-0.3, -0.25) is 4.79 Å². The van der Waals surface area contributed by atoms with Gasteiger partial charge in [0.15, 0.2) is 11.6 Å². The number of H-pyrrole nitrogens is 1. The van der Waals surface area contributed by atoms with E-state index in [1.54, 1.807) is 6.07 Å². The number of hydrogen-bond acceptors (Lipinski definition) is 9. The van der Waals surface area contributed by atoms with Crippen molar-refractivity contribution in [2.45, 2.75) is 26.1 Å². The molecule has 0 aliphatic carbocycles. The maximum absolute atomic E-state index is 14.4. The summed E-state index contributed by atoms with van der Waals surface area (Å²) in [5.74, 6) is -0.0409. The molecule has 0 saturated carbocycles. The van der Waals surface area contributed by atoms with E-state index in [9.17, 15) is 9.18 Å². The second-order valence-electron chi connectivity index (χ2n) is 7.23. The first-order valence-electron chi connectivity index (χ1n) is 9.72. The molecule has 10 nitrogen and oxygen atoms in total. The van der Waals surface area contributed by atoms with Gasteiger partial charge in [-0.25, -0.2) is 19.3 Å². The number of methoxy groups -OCH3 is 1. The van der Waals surface area contributed by atoms with Gasteiger partial charge in [0.25, 0.3) is 5.56 Å². The number of ether oxygens (including phenoxy) is 2. The van der Waals surface area contributed by atoms with Crippen molar-refractivity contribution in [3.05, 3.63) is 47.0 Å². The molecule has 4 rings (SSSR count). The highest BCUT2D eigenvalue weighted by Crippen LogP contribution is 2.23. The number of nitrogens with one attached hydrogen (secondary N) is 2. The minimum atomic E-state index is -0.674. The Morgan fingerprint density at radius 1 is 1.19 bits per heavy atom. The predicted molar refractivity (Wildman–Crippen MR) is 112 cm³/mol. The molecular formula is C20H22FN7O3. The van der Waals surface area contributed by atoms with E-state index < -0.39 is 11.4 Å². The quantitative estimate of drug-likeness (QED) is 0.631. The van der Waals surface area contributed by atoms with Crippen LogP contribution in [0.2, 0.25) is 0 Å². The van der Waals surface area contributed by atoms with Crippen molar-refractivity contribution in [2.75, 3.05) is 30.4 Å². The summed E-state index contributed by atoms with van der Waals surface area (Å²) in [4.78, 5) is 33.6. The number of aromatic amines is 1. The van der Waals surface area contributed by atoms with Crippen LogP contribution in [0.5, 0.6) is 5.88 Å². The number of halogens is 1. The fourth-order valence-electron chi connectivity index (χ4n) is 3.36. The Balaban J connectivity index is 1.62. The lowest BCUT2D eigenvalue weighted by atomic mass is 10.2. The van der Waals surface area contributed by atoms with Crippen molar-refractivity contribution >= 4 is 17.5 Å². The fourth-order valence-corrected chi connectivity index (χ4v) is 3.36. The Labute approximate surface area is 177 Å². The SMILES string of the molecule is COc1cnc(-c2c[nH]c(=O)c(Nc3nc(N4C[C@@H](C)O[C@@H](C)C4)ncc3F)c2)cn1. The molecular weight excluding hydrogens is 405 g/mol. The van der Waals surface area contributed by atoms with Gasteiger partial charge in [-0.15, -0.1) is 0 Å². The minimum absolute atomic E-state index is 0.000977. The van der Waals surface area contributed by atoms with Crippen molar-refractivity contribution in [2.24, 2.45) is 0 Å². The summed E-state index contributed by atoms with van der Waals surface area (Å²) < 4.78 is 25.2. The lowest BCUT2D eigenvalue weighted by Gasteiger charge is -2.35. The lowest BCUT2D eigenvalue weighted by molar-refractivity contribution is -0.00572. The first-order valence-corrected chi connectivity index (χ1v) is 9.72. The molecule has 11 heteroatoms. The Bertz CT molecular complexity index is 1110. The molecule has 1 aliphatic heterocycles. The standard InChI is InChI=1S/C20H22FN7O3/c1-11-9-28(10-12(2)31-11)20-25-6-14(21)18(27-20)26-15-4-13(5-24-19(15)29)16-7-23-17(30-3)8-22-16/h4-8,11-12H,9-10H2,1-3H3,(H,24,29)(H,25,26,27)/t11-,12+. The molecule has 1 saturated heterocycles. The van der Waals surface area contributed by atoms with E-state index in [1.165, 1.54) is 25.7 Å². The zero-order chi connectivity index (χ0) is 22.0. The van der Waals surface area contributed by atoms with E-state index in [2.05, 4.69) is 30.2 Å². The van der Waals surface area contributed by atoms with E-state index >= 15 is 0 Å². The van der Waals surface area contributed by atoms with Gasteiger partial charge in [0.05, 0.1) is 43.6 Å². The van der Waals surface area contributed by atoms with Crippen LogP contribution in [-0.4, -0.2) is 57.3 Å². The van der Waals surface area contributed by atoms with Gasteiger partial charge < -0.3 is 24.7 Å². The molecule has 162 valence electrons. The summed E-state index contributed by atoms with van der Waals surface area (Å²) in [6.07, 6.45) is 5.57. The molecule has 4 heterocycles. The van der Waals surface area contributed by atoms with E-state index in [0.29, 0.717) is 36.2 Å². The lowest BCUT2D eigenvalue weighted by Crippen LogP contribution is -2.46. The fraction of sp³-hybridized carbons (Fsp3) is 0.350. The Kier molecular flexibility index (Phi) is 5.76. The number of nitrogens with zero attached hydrogens (tertiary/aromatic N) is 5. The van der Waals surface area contributed by atoms with Crippen molar-refractivity contribution in [3.8, 4) is 17.1 Å². The predicted octanol–water partition coefficient (Wildman–Crippen LogP) is 2.13. The average molecular weight is 427 g/mol. The van der Waals surface area contributed by atoms with Crippen molar-refractivity contribution in [1.82, 2.24) is 24.9 Å². The van der Waals surface area contributed by atoms with Gasteiger partial charge in [0.2, 0.25) is 11.8 Å². The van der Waals surface area contributed by atoms with Crippen LogP contribution >= 0.6 is 0 Å². The second-order valence-corrected chi connectivity index (χ2v) is 7.23. The average Bonchev–Trinajstić information content (AvgIpc) is 2.76. The third-order valence-electron chi connectivity index (χ3n) is 4.72. The normalized spacial score (nSPS) is 18.6. The third-order valence-corrected chi connectivity index (χ3v) is 4.72. The number of rotatable bonds is 5. The van der Waals surface area contributed by atoms with Gasteiger partial charge in [-0.2, -0.15) is 4.98 Å². The molecule has 0 radical (unpaired) electrons. The molecule has 3 aromatic heterocycles. The topological polar surface area (TPSA) is 118 Å². The molecule has 0 spiro atoms. The summed E-state index contributed by atoms with van der Waals surface area (Å²) in [5.41, 5.74) is 0.781. The van der Waals surface area contributed by atoms with E-state index in [0.717, 1.165) is 6.20 Å². The Hall–Kier alpha value is -3.60. The summed E-state index contributed by atoms with van der Waals surface area (Å²) in [5, 5.41) is 2.77. The minimum Gasteiger partial charge on any atom is -0.480 e. The molecule has 0 bridgehead atoms. The maximum atomic E-state index is 14.4. The molecule has 0 unspecified atom stereocenters. The Morgan fingerprint density at radius 2 is 1.97 bits per heavy atom. The van der Waals surface area contributed by atoms with Gasteiger partial charge >= 0.3 is 0 Å². The first kappa shape index (κ1) is 20.7. The zero-order valence-corrected chi connectivity index (χ0v) is 17.3. The molecule has 0 amide bonds. The van der Waals surface area contributed by atoms with Gasteiger partial charge in [-0.1, -0.05) is 0 Å². The summed E-state index contributed by atoms with van der Waals surface area (Å²) in [6, 6.07) is 1.55. The largest absolute Gasteiger partial charge is 0.480 e. The van der Waals surface area contributed by atoms with Gasteiger partial charge in [-0.05, 0) is 19.9 Å². The summed E-state index contributed by atoms with van der Waals surface area (Å²) in [6.45, 7) is 5.08. The highest BCUT2D eigenvalue weighted by atomic mass is 19.1. The van der Waals surface area contributed by atoms with Crippen LogP contribution in [0.15, 0.2) is 35.6 Å². The molecule has 31 heavy (non-hydrogen) atoms. The monoisotopic (exact) mass is 427 g/mol. The highest BCUT2D eigenvalue weighted by Gasteiger charge is 2.25.